The summed E-state index contributed by atoms with van der Waals surface area (Å²) in [7, 11) is -3.14. The van der Waals surface area contributed by atoms with E-state index in [0.29, 0.717) is 19.7 Å². The molecule has 0 spiro atoms. The van der Waals surface area contributed by atoms with Crippen molar-refractivity contribution in [3.05, 3.63) is 0 Å². The SMILES string of the molecule is CC1CN(S(=O)(=O)CCCl)CCO1. The molecule has 1 rings (SSSR count). The first-order valence-corrected chi connectivity index (χ1v) is 6.36. The number of hydrogen-bond donors (Lipinski definition) is 0. The van der Waals surface area contributed by atoms with Crippen LogP contribution >= 0.6 is 11.6 Å². The number of morpholine rings is 1. The third-order valence-electron chi connectivity index (χ3n) is 1.93. The summed E-state index contributed by atoms with van der Waals surface area (Å²) < 4.78 is 29.7. The van der Waals surface area contributed by atoms with Gasteiger partial charge in [0, 0.05) is 19.0 Å². The topological polar surface area (TPSA) is 46.6 Å². The second-order valence-electron chi connectivity index (χ2n) is 3.04. The Kier molecular flexibility index (Phi) is 3.97. The van der Waals surface area contributed by atoms with Gasteiger partial charge in [-0.3, -0.25) is 0 Å². The minimum absolute atomic E-state index is 0.0150. The highest BCUT2D eigenvalue weighted by atomic mass is 35.5. The van der Waals surface area contributed by atoms with Crippen LogP contribution in [0.2, 0.25) is 0 Å². The van der Waals surface area contributed by atoms with Gasteiger partial charge in [-0.2, -0.15) is 4.31 Å². The maximum Gasteiger partial charge on any atom is 0.215 e. The predicted octanol–water partition coefficient (Wildman–Crippen LogP) is 0.276. The molecule has 1 atom stereocenters. The van der Waals surface area contributed by atoms with Gasteiger partial charge in [0.25, 0.3) is 0 Å². The van der Waals surface area contributed by atoms with Crippen LogP contribution in [0, 0.1) is 0 Å². The van der Waals surface area contributed by atoms with Gasteiger partial charge in [0.15, 0.2) is 0 Å². The number of hydrogen-bond acceptors (Lipinski definition) is 3. The molecule has 1 aliphatic rings. The van der Waals surface area contributed by atoms with Gasteiger partial charge in [0.1, 0.15) is 0 Å². The van der Waals surface area contributed by atoms with Crippen LogP contribution in [0.3, 0.4) is 0 Å². The van der Waals surface area contributed by atoms with E-state index in [1.165, 1.54) is 4.31 Å². The van der Waals surface area contributed by atoms with Crippen LogP contribution in [0.4, 0.5) is 0 Å². The van der Waals surface area contributed by atoms with Crippen molar-refractivity contribution < 1.29 is 13.2 Å². The normalized spacial score (nSPS) is 26.2. The van der Waals surface area contributed by atoms with E-state index in [0.717, 1.165) is 0 Å². The number of rotatable bonds is 3. The molecule has 4 nitrogen and oxygen atoms in total. The molecule has 0 bridgehead atoms. The highest BCUT2D eigenvalue weighted by Crippen LogP contribution is 2.10. The van der Waals surface area contributed by atoms with Crippen LogP contribution < -0.4 is 0 Å². The third-order valence-corrected chi connectivity index (χ3v) is 4.18. The fraction of sp³-hybridized carbons (Fsp3) is 1.00. The second-order valence-corrected chi connectivity index (χ2v) is 5.51. The molecule has 0 aliphatic carbocycles. The monoisotopic (exact) mass is 227 g/mol. The highest BCUT2D eigenvalue weighted by Gasteiger charge is 2.26. The Hall–Kier alpha value is 0.160. The number of alkyl halides is 1. The quantitative estimate of drug-likeness (QED) is 0.651. The summed E-state index contributed by atoms with van der Waals surface area (Å²) in [5, 5.41) is 0. The summed E-state index contributed by atoms with van der Waals surface area (Å²) in [5.41, 5.74) is 0. The summed E-state index contributed by atoms with van der Waals surface area (Å²) in [6, 6.07) is 0. The fourth-order valence-electron chi connectivity index (χ4n) is 1.27. The first-order valence-electron chi connectivity index (χ1n) is 4.21. The summed E-state index contributed by atoms with van der Waals surface area (Å²) in [6.45, 7) is 3.23. The molecule has 78 valence electrons. The van der Waals surface area contributed by atoms with Crippen molar-refractivity contribution in [3.63, 3.8) is 0 Å². The lowest BCUT2D eigenvalue weighted by Gasteiger charge is -2.30. The van der Waals surface area contributed by atoms with Gasteiger partial charge >= 0.3 is 0 Å². The lowest BCUT2D eigenvalue weighted by molar-refractivity contribution is 0.0102. The Balaban J connectivity index is 2.60. The molecule has 0 saturated carbocycles. The third kappa shape index (κ3) is 3.09. The van der Waals surface area contributed by atoms with Crippen molar-refractivity contribution in [3.8, 4) is 0 Å². The Bertz CT molecular complexity index is 254. The Morgan fingerprint density at radius 2 is 2.31 bits per heavy atom. The smallest absolute Gasteiger partial charge is 0.215 e. The molecular formula is C7H14ClNO3S. The lowest BCUT2D eigenvalue weighted by atomic mass is 10.3. The van der Waals surface area contributed by atoms with Crippen molar-refractivity contribution in [2.75, 3.05) is 31.3 Å². The average Bonchev–Trinajstić information content (AvgIpc) is 2.04. The van der Waals surface area contributed by atoms with E-state index >= 15 is 0 Å². The summed E-state index contributed by atoms with van der Waals surface area (Å²) in [6.07, 6.45) is -0.0150. The molecule has 0 aromatic heterocycles. The summed E-state index contributed by atoms with van der Waals surface area (Å²) in [4.78, 5) is 0. The van der Waals surface area contributed by atoms with Gasteiger partial charge in [-0.25, -0.2) is 8.42 Å². The molecular weight excluding hydrogens is 214 g/mol. The number of halogens is 1. The maximum absolute atomic E-state index is 11.5. The molecule has 1 heterocycles. The van der Waals surface area contributed by atoms with Crippen LogP contribution in [0.25, 0.3) is 0 Å². The van der Waals surface area contributed by atoms with Gasteiger partial charge in [-0.05, 0) is 6.92 Å². The fourth-order valence-corrected chi connectivity index (χ4v) is 3.09. The van der Waals surface area contributed by atoms with Crippen molar-refractivity contribution in [2.24, 2.45) is 0 Å². The minimum atomic E-state index is -3.14. The van der Waals surface area contributed by atoms with Crippen LogP contribution in [0.15, 0.2) is 0 Å². The molecule has 0 radical (unpaired) electrons. The standard InChI is InChI=1S/C7H14ClNO3S/c1-7-6-9(3-4-12-7)13(10,11)5-2-8/h7H,2-6H2,1H3. The Morgan fingerprint density at radius 3 is 2.85 bits per heavy atom. The van der Waals surface area contributed by atoms with E-state index in [1.54, 1.807) is 0 Å². The summed E-state index contributed by atoms with van der Waals surface area (Å²) >= 11 is 5.40. The minimum Gasteiger partial charge on any atom is -0.376 e. The van der Waals surface area contributed by atoms with Gasteiger partial charge in [-0.1, -0.05) is 0 Å². The molecule has 1 fully saturated rings. The van der Waals surface area contributed by atoms with Gasteiger partial charge in [-0.15, -0.1) is 11.6 Å². The zero-order valence-corrected chi connectivity index (χ0v) is 9.14. The molecule has 0 aromatic carbocycles. The lowest BCUT2D eigenvalue weighted by Crippen LogP contribution is -2.45. The van der Waals surface area contributed by atoms with Crippen molar-refractivity contribution in [1.29, 1.82) is 0 Å². The molecule has 0 amide bonds. The zero-order chi connectivity index (χ0) is 9.90. The second kappa shape index (κ2) is 4.59. The Labute approximate surface area is 83.9 Å². The van der Waals surface area contributed by atoms with Crippen LogP contribution in [-0.2, 0) is 14.8 Å². The average molecular weight is 228 g/mol. The number of sulfonamides is 1. The van der Waals surface area contributed by atoms with Crippen LogP contribution in [0.5, 0.6) is 0 Å². The molecule has 0 N–H and O–H groups in total. The van der Waals surface area contributed by atoms with Crippen molar-refractivity contribution in [2.45, 2.75) is 13.0 Å². The zero-order valence-electron chi connectivity index (χ0n) is 7.57. The molecule has 6 heteroatoms. The largest absolute Gasteiger partial charge is 0.376 e. The van der Waals surface area contributed by atoms with Gasteiger partial charge in [0.2, 0.25) is 10.0 Å². The first kappa shape index (κ1) is 11.2. The van der Waals surface area contributed by atoms with Crippen LogP contribution in [0.1, 0.15) is 6.92 Å². The molecule has 13 heavy (non-hydrogen) atoms. The van der Waals surface area contributed by atoms with E-state index in [9.17, 15) is 8.42 Å². The van der Waals surface area contributed by atoms with E-state index in [-0.39, 0.29) is 17.7 Å². The van der Waals surface area contributed by atoms with E-state index in [4.69, 9.17) is 16.3 Å². The van der Waals surface area contributed by atoms with E-state index in [2.05, 4.69) is 0 Å². The van der Waals surface area contributed by atoms with Crippen molar-refractivity contribution in [1.82, 2.24) is 4.31 Å². The first-order chi connectivity index (χ1) is 6.06. The predicted molar refractivity (Wildman–Crippen MR) is 51.5 cm³/mol. The highest BCUT2D eigenvalue weighted by molar-refractivity contribution is 7.89. The number of nitrogens with zero attached hydrogens (tertiary/aromatic N) is 1. The Morgan fingerprint density at radius 1 is 1.62 bits per heavy atom. The van der Waals surface area contributed by atoms with Gasteiger partial charge in [0.05, 0.1) is 18.5 Å². The van der Waals surface area contributed by atoms with Gasteiger partial charge < -0.3 is 4.74 Å². The molecule has 0 aromatic rings. The van der Waals surface area contributed by atoms with E-state index < -0.39 is 10.0 Å². The van der Waals surface area contributed by atoms with E-state index in [1.807, 2.05) is 6.92 Å². The number of ether oxygens (including phenoxy) is 1. The molecule has 1 unspecified atom stereocenters. The van der Waals surface area contributed by atoms with Crippen LogP contribution in [-0.4, -0.2) is 50.2 Å². The molecule has 1 saturated heterocycles. The molecule has 1 aliphatic heterocycles. The van der Waals surface area contributed by atoms with Crippen molar-refractivity contribution >= 4 is 21.6 Å². The summed E-state index contributed by atoms with van der Waals surface area (Å²) in [5.74, 6) is 0.162. The maximum atomic E-state index is 11.5.